The molecule has 77 heavy (non-hydrogen) atoms. The number of rotatable bonds is 52. The molecule has 0 aromatic carbocycles. The van der Waals surface area contributed by atoms with Crippen LogP contribution in [-0.4, -0.2) is 151 Å². The van der Waals surface area contributed by atoms with Crippen molar-refractivity contribution < 1.29 is 53.3 Å². The van der Waals surface area contributed by atoms with Crippen LogP contribution < -0.4 is 60.2 Å². The van der Waals surface area contributed by atoms with Gasteiger partial charge in [-0.1, -0.05) is 104 Å². The van der Waals surface area contributed by atoms with Crippen LogP contribution in [0, 0.1) is 0 Å². The van der Waals surface area contributed by atoms with E-state index in [-0.39, 0.29) is 56.9 Å². The first kappa shape index (κ1) is 72.7. The van der Waals surface area contributed by atoms with Crippen LogP contribution in [0.25, 0.3) is 0 Å². The minimum Gasteiger partial charge on any atom is -0.480 e. The van der Waals surface area contributed by atoms with E-state index in [0.29, 0.717) is 89.8 Å². The fourth-order valence-electron chi connectivity index (χ4n) is 8.34. The Labute approximate surface area is 464 Å². The molecule has 448 valence electrons. The number of carboxylic acid groups (broad SMARTS) is 1. The maximum Gasteiger partial charge on any atom is 0.407 e. The zero-order valence-electron chi connectivity index (χ0n) is 47.1. The molecule has 6 atom stereocenters. The molecule has 0 saturated carbocycles. The van der Waals surface area contributed by atoms with Crippen LogP contribution in [0.1, 0.15) is 200 Å². The number of aliphatic hydroxyl groups is 1. The second kappa shape index (κ2) is 50.0. The van der Waals surface area contributed by atoms with Crippen LogP contribution >= 0.6 is 11.8 Å². The number of unbranched alkanes of at least 4 members (excludes halogenated alkanes) is 18. The molecule has 23 heteroatoms. The minimum absolute atomic E-state index is 0.0672. The molecule has 0 rings (SSSR count). The average Bonchev–Trinajstić information content (AvgIpc) is 3.40. The van der Waals surface area contributed by atoms with E-state index >= 15 is 0 Å². The molecule has 0 aromatic rings. The summed E-state index contributed by atoms with van der Waals surface area (Å²) in [5.74, 6) is -4.97. The molecule has 0 bridgehead atoms. The fraction of sp³-hybridized carbons (Fsp3) is 0.852. The third-order valence-electron chi connectivity index (χ3n) is 13.1. The summed E-state index contributed by atoms with van der Waals surface area (Å²) in [6, 6.07) is -7.55. The summed E-state index contributed by atoms with van der Waals surface area (Å²) >= 11 is 1.29. The molecule has 0 saturated heterocycles. The monoisotopic (exact) mass is 1120 g/mol. The number of amides is 7. The zero-order chi connectivity index (χ0) is 57.3. The number of aliphatic hydroxyl groups excluding tert-OH is 1. The van der Waals surface area contributed by atoms with Gasteiger partial charge in [0.2, 0.25) is 35.4 Å². The van der Waals surface area contributed by atoms with E-state index < -0.39 is 84.5 Å². The highest BCUT2D eigenvalue weighted by Crippen LogP contribution is 2.14. The largest absolute Gasteiger partial charge is 0.480 e. The molecule has 0 spiro atoms. The van der Waals surface area contributed by atoms with E-state index in [2.05, 4.69) is 44.1 Å². The van der Waals surface area contributed by atoms with Crippen molar-refractivity contribution in [3.8, 4) is 0 Å². The first-order valence-corrected chi connectivity index (χ1v) is 30.3. The Bertz CT molecular complexity index is 1610. The lowest BCUT2D eigenvalue weighted by Gasteiger charge is -2.27. The average molecular weight is 1120 g/mol. The SMILES string of the molecule is CCCCCCCCCCCCCCCC(=O)N[C@H](CSCCNC(=O)OCCCCC)C(=O)N[C@H](CO)C(=O)N[C@@H](CCCCN)C(=O)N[C@@H](CCCCN)C(=O)N[C@@H](CCCCN)C(=O)N[C@@H](CCCCN)C(=O)O. The van der Waals surface area contributed by atoms with Crippen molar-refractivity contribution in [1.82, 2.24) is 37.2 Å². The number of thioether (sulfide) groups is 1. The van der Waals surface area contributed by atoms with Gasteiger partial charge in [0.25, 0.3) is 0 Å². The van der Waals surface area contributed by atoms with Gasteiger partial charge in [-0.05, 0) is 116 Å². The Morgan fingerprint density at radius 3 is 1.22 bits per heavy atom. The van der Waals surface area contributed by atoms with Crippen molar-refractivity contribution in [3.63, 3.8) is 0 Å². The topological polar surface area (TPSA) is 375 Å². The fourth-order valence-corrected chi connectivity index (χ4v) is 9.22. The van der Waals surface area contributed by atoms with E-state index in [4.69, 9.17) is 27.7 Å². The predicted octanol–water partition coefficient (Wildman–Crippen LogP) is 3.62. The number of aliphatic carboxylic acids is 1. The van der Waals surface area contributed by atoms with E-state index in [0.717, 1.165) is 44.9 Å². The Hall–Kier alpha value is -4.29. The van der Waals surface area contributed by atoms with Crippen molar-refractivity contribution in [3.05, 3.63) is 0 Å². The standard InChI is InChI=1S/C54H105N11O11S/c1-3-5-7-8-9-10-11-12-13-14-15-16-17-31-47(67)60-46(40-77-38-36-59-54(75)76-37-26-6-4-2)52(72)65-45(39-66)51(71)63-42(28-19-23-33-56)49(69)61-41(27-18-22-32-55)48(68)62-43(29-20-24-34-57)50(70)64-44(53(73)74)30-21-25-35-58/h41-46,66H,3-40,55-58H2,1-2H3,(H,59,75)(H,60,67)(H,61,69)(H,62,68)(H,63,71)(H,64,70)(H,65,72)(H,73,74)/t41-,42-,43-,44-,45+,46+/m0/s1. The van der Waals surface area contributed by atoms with E-state index in [1.54, 1.807) is 0 Å². The van der Waals surface area contributed by atoms with Crippen molar-refractivity contribution in [1.29, 1.82) is 0 Å². The minimum atomic E-state index is -1.55. The molecule has 0 fully saturated rings. The molecule has 0 aromatic heterocycles. The molecule has 0 radical (unpaired) electrons. The summed E-state index contributed by atoms with van der Waals surface area (Å²) in [5.41, 5.74) is 22.8. The number of carbonyl (C=O) groups is 8. The van der Waals surface area contributed by atoms with Crippen LogP contribution in [0.3, 0.4) is 0 Å². The normalized spacial score (nSPS) is 13.5. The van der Waals surface area contributed by atoms with Crippen molar-refractivity contribution in [2.45, 2.75) is 236 Å². The number of carboxylic acids is 1. The van der Waals surface area contributed by atoms with Gasteiger partial charge in [-0.2, -0.15) is 11.8 Å². The summed E-state index contributed by atoms with van der Waals surface area (Å²) in [6.45, 7) is 5.21. The van der Waals surface area contributed by atoms with Crippen LogP contribution in [0.5, 0.6) is 0 Å². The van der Waals surface area contributed by atoms with Gasteiger partial charge in [0, 0.05) is 24.5 Å². The molecule has 17 N–H and O–H groups in total. The van der Waals surface area contributed by atoms with Crippen molar-refractivity contribution >= 4 is 59.3 Å². The second-order valence-corrected chi connectivity index (χ2v) is 21.1. The smallest absolute Gasteiger partial charge is 0.407 e. The van der Waals surface area contributed by atoms with Gasteiger partial charge in [0.1, 0.15) is 36.3 Å². The lowest BCUT2D eigenvalue weighted by molar-refractivity contribution is -0.142. The Morgan fingerprint density at radius 2 is 0.805 bits per heavy atom. The molecular formula is C54H105N11O11S. The summed E-state index contributed by atoms with van der Waals surface area (Å²) in [7, 11) is 0. The molecule has 0 aliphatic heterocycles. The van der Waals surface area contributed by atoms with Crippen LogP contribution in [0.15, 0.2) is 0 Å². The van der Waals surface area contributed by atoms with E-state index in [9.17, 15) is 48.6 Å². The van der Waals surface area contributed by atoms with Crippen LogP contribution in [-0.2, 0) is 38.3 Å². The van der Waals surface area contributed by atoms with Gasteiger partial charge in [-0.15, -0.1) is 0 Å². The first-order valence-electron chi connectivity index (χ1n) is 29.2. The number of ether oxygens (including phenoxy) is 1. The Kier molecular flexibility index (Phi) is 47.2. The summed E-state index contributed by atoms with van der Waals surface area (Å²) < 4.78 is 5.19. The van der Waals surface area contributed by atoms with Crippen LogP contribution in [0.2, 0.25) is 0 Å². The second-order valence-electron chi connectivity index (χ2n) is 19.9. The molecule has 0 unspecified atom stereocenters. The maximum absolute atomic E-state index is 14.1. The molecule has 0 aliphatic rings. The number of alkyl carbamates (subject to hydrolysis) is 1. The Morgan fingerprint density at radius 1 is 0.442 bits per heavy atom. The highest BCUT2D eigenvalue weighted by Gasteiger charge is 2.33. The number of carbonyl (C=O) groups excluding carboxylic acids is 7. The summed E-state index contributed by atoms with van der Waals surface area (Å²) in [5, 5.41) is 38.9. The summed E-state index contributed by atoms with van der Waals surface area (Å²) in [4.78, 5) is 107. The highest BCUT2D eigenvalue weighted by atomic mass is 32.2. The molecule has 22 nitrogen and oxygen atoms in total. The molecule has 0 aliphatic carbocycles. The van der Waals surface area contributed by atoms with Gasteiger partial charge in [0.05, 0.1) is 13.2 Å². The predicted molar refractivity (Wildman–Crippen MR) is 304 cm³/mol. The van der Waals surface area contributed by atoms with Gasteiger partial charge >= 0.3 is 12.1 Å². The van der Waals surface area contributed by atoms with E-state index in [1.165, 1.54) is 63.1 Å². The first-order chi connectivity index (χ1) is 37.2. The van der Waals surface area contributed by atoms with Gasteiger partial charge in [0.15, 0.2) is 0 Å². The zero-order valence-corrected chi connectivity index (χ0v) is 47.9. The number of hydrogen-bond acceptors (Lipinski definition) is 15. The number of hydrogen-bond donors (Lipinski definition) is 13. The van der Waals surface area contributed by atoms with Crippen molar-refractivity contribution in [2.75, 3.05) is 57.4 Å². The van der Waals surface area contributed by atoms with Gasteiger partial charge < -0.3 is 75.1 Å². The quantitative estimate of drug-likeness (QED) is 0.0387. The molecular weight excluding hydrogens is 1010 g/mol. The third kappa shape index (κ3) is 38.8. The molecule has 0 heterocycles. The maximum atomic E-state index is 14.1. The lowest BCUT2D eigenvalue weighted by atomic mass is 10.0. The summed E-state index contributed by atoms with van der Waals surface area (Å²) in [6.07, 6.45) is 21.4. The number of nitrogens with one attached hydrogen (secondary N) is 7. The van der Waals surface area contributed by atoms with Crippen molar-refractivity contribution in [2.24, 2.45) is 22.9 Å². The van der Waals surface area contributed by atoms with Gasteiger partial charge in [-0.3, -0.25) is 28.8 Å². The lowest BCUT2D eigenvalue weighted by Crippen LogP contribution is -2.60. The van der Waals surface area contributed by atoms with Crippen LogP contribution in [0.4, 0.5) is 4.79 Å². The van der Waals surface area contributed by atoms with E-state index in [1.807, 2.05) is 6.92 Å². The van der Waals surface area contributed by atoms with Gasteiger partial charge in [-0.25, -0.2) is 9.59 Å². The number of nitrogens with two attached hydrogens (primary N) is 4. The highest BCUT2D eigenvalue weighted by molar-refractivity contribution is 7.99. The molecule has 7 amide bonds. The third-order valence-corrected chi connectivity index (χ3v) is 14.1. The Balaban J connectivity index is 6.10.